The van der Waals surface area contributed by atoms with Gasteiger partial charge < -0.3 is 14.0 Å². The molecule has 0 spiro atoms. The van der Waals surface area contributed by atoms with Crippen molar-refractivity contribution in [1.82, 2.24) is 0 Å². The van der Waals surface area contributed by atoms with Crippen molar-refractivity contribution in [3.63, 3.8) is 0 Å². The summed E-state index contributed by atoms with van der Waals surface area (Å²) in [4.78, 5) is 28.2. The van der Waals surface area contributed by atoms with Gasteiger partial charge in [-0.1, -0.05) is 42.2 Å². The second-order valence-corrected chi connectivity index (χ2v) is 11.0. The smallest absolute Gasteiger partial charge is 0.248 e. The standard InChI is InChI=1S/C30H27O5P/c1-7-14-34-24-16-20(3)27(21(4)17-24)29(31)36(33,26-12-10-9-11-13-26)30(32)28-22(5)18-25(19-23(28)6)35-15-8-2/h1-2,9-13,16-19H,14-15H2,3-6H3. The molecular weight excluding hydrogens is 471 g/mol. The third-order valence-corrected chi connectivity index (χ3v) is 8.39. The maximum atomic E-state index is 14.7. The van der Waals surface area contributed by atoms with Crippen molar-refractivity contribution in [2.45, 2.75) is 27.7 Å². The molecule has 3 rings (SSSR count). The third kappa shape index (κ3) is 5.13. The SMILES string of the molecule is C#CCOc1cc(C)c(C(=O)P(=O)(C(=O)c2c(C)cc(OCC#C)cc2C)c2ccccc2)c(C)c1. The first-order valence-electron chi connectivity index (χ1n) is 11.3. The highest BCUT2D eigenvalue weighted by atomic mass is 31.2. The first-order valence-corrected chi connectivity index (χ1v) is 13.0. The molecule has 0 aliphatic carbocycles. The number of hydrogen-bond donors (Lipinski definition) is 0. The fourth-order valence-corrected chi connectivity index (χ4v) is 6.80. The monoisotopic (exact) mass is 498 g/mol. The summed E-state index contributed by atoms with van der Waals surface area (Å²) in [6.07, 6.45) is 10.6. The zero-order valence-corrected chi connectivity index (χ0v) is 21.6. The van der Waals surface area contributed by atoms with Gasteiger partial charge in [-0.25, -0.2) is 0 Å². The summed E-state index contributed by atoms with van der Waals surface area (Å²) in [5.74, 6) is 5.79. The van der Waals surface area contributed by atoms with Crippen LogP contribution in [0, 0.1) is 52.4 Å². The lowest BCUT2D eigenvalue weighted by molar-refractivity contribution is 0.104. The van der Waals surface area contributed by atoms with E-state index in [9.17, 15) is 14.2 Å². The highest BCUT2D eigenvalue weighted by Crippen LogP contribution is 2.53. The molecule has 0 aliphatic heterocycles. The number of aryl methyl sites for hydroxylation is 4. The molecule has 0 atom stereocenters. The number of terminal acetylenes is 2. The van der Waals surface area contributed by atoms with E-state index in [0.717, 1.165) is 0 Å². The van der Waals surface area contributed by atoms with Crippen molar-refractivity contribution in [3.05, 3.63) is 88.0 Å². The van der Waals surface area contributed by atoms with Crippen LogP contribution in [0.4, 0.5) is 0 Å². The van der Waals surface area contributed by atoms with Crippen molar-refractivity contribution in [2.75, 3.05) is 13.2 Å². The molecule has 5 nitrogen and oxygen atoms in total. The molecule has 3 aromatic carbocycles. The molecule has 3 aromatic rings. The van der Waals surface area contributed by atoms with E-state index in [1.165, 1.54) is 0 Å². The maximum Gasteiger partial charge on any atom is 0.248 e. The van der Waals surface area contributed by atoms with Crippen LogP contribution in [0.3, 0.4) is 0 Å². The second kappa shape index (κ2) is 11.1. The predicted octanol–water partition coefficient (Wildman–Crippen LogP) is 5.61. The summed E-state index contributed by atoms with van der Waals surface area (Å²) >= 11 is 0. The second-order valence-electron chi connectivity index (χ2n) is 8.40. The minimum atomic E-state index is -4.30. The Morgan fingerprint density at radius 1 is 0.722 bits per heavy atom. The molecule has 0 amide bonds. The maximum absolute atomic E-state index is 14.7. The van der Waals surface area contributed by atoms with E-state index < -0.39 is 18.2 Å². The fourth-order valence-electron chi connectivity index (χ4n) is 4.22. The van der Waals surface area contributed by atoms with Crippen molar-refractivity contribution in [2.24, 2.45) is 0 Å². The van der Waals surface area contributed by atoms with E-state index in [1.54, 1.807) is 82.3 Å². The predicted molar refractivity (Wildman–Crippen MR) is 143 cm³/mol. The zero-order chi connectivity index (χ0) is 26.5. The van der Waals surface area contributed by atoms with Crippen LogP contribution in [-0.4, -0.2) is 24.3 Å². The minimum absolute atomic E-state index is 0.0762. The molecule has 0 heterocycles. The van der Waals surface area contributed by atoms with E-state index in [-0.39, 0.29) is 29.6 Å². The first kappa shape index (κ1) is 26.6. The van der Waals surface area contributed by atoms with Crippen LogP contribution in [0.5, 0.6) is 11.5 Å². The Kier molecular flexibility index (Phi) is 8.21. The van der Waals surface area contributed by atoms with E-state index in [0.29, 0.717) is 33.8 Å². The molecule has 36 heavy (non-hydrogen) atoms. The summed E-state index contributed by atoms with van der Waals surface area (Å²) in [6.45, 7) is 7.03. The average molecular weight is 499 g/mol. The Morgan fingerprint density at radius 3 is 1.42 bits per heavy atom. The van der Waals surface area contributed by atoms with Gasteiger partial charge >= 0.3 is 0 Å². The molecule has 0 unspecified atom stereocenters. The number of rotatable bonds is 9. The average Bonchev–Trinajstić information content (AvgIpc) is 2.85. The largest absolute Gasteiger partial charge is 0.481 e. The van der Waals surface area contributed by atoms with Crippen molar-refractivity contribution < 1.29 is 23.6 Å². The molecule has 0 saturated heterocycles. The van der Waals surface area contributed by atoms with Gasteiger partial charge in [-0.05, 0) is 74.2 Å². The van der Waals surface area contributed by atoms with Gasteiger partial charge in [0.05, 0.1) is 0 Å². The normalized spacial score (nSPS) is 10.7. The summed E-state index contributed by atoms with van der Waals surface area (Å²) in [5.41, 5.74) is 1.20. The number of ether oxygens (including phenoxy) is 2. The first-order chi connectivity index (χ1) is 17.1. The summed E-state index contributed by atoms with van der Waals surface area (Å²) in [6, 6.07) is 14.8. The molecule has 0 aromatic heterocycles. The molecule has 0 bridgehead atoms. The van der Waals surface area contributed by atoms with E-state index in [2.05, 4.69) is 11.8 Å². The van der Waals surface area contributed by atoms with Gasteiger partial charge in [0.1, 0.15) is 24.7 Å². The molecule has 6 heteroatoms. The lowest BCUT2D eigenvalue weighted by Crippen LogP contribution is -2.23. The van der Waals surface area contributed by atoms with E-state index >= 15 is 0 Å². The highest BCUT2D eigenvalue weighted by Gasteiger charge is 2.44. The van der Waals surface area contributed by atoms with Crippen LogP contribution in [0.1, 0.15) is 43.0 Å². The summed E-state index contributed by atoms with van der Waals surface area (Å²) in [5, 5.41) is 0.179. The van der Waals surface area contributed by atoms with Gasteiger partial charge in [-0.15, -0.1) is 12.8 Å². The van der Waals surface area contributed by atoms with Gasteiger partial charge in [0.2, 0.25) is 18.2 Å². The Balaban J connectivity index is 2.19. The van der Waals surface area contributed by atoms with Crippen LogP contribution in [0.15, 0.2) is 54.6 Å². The fraction of sp³-hybridized carbons (Fsp3) is 0.200. The number of carbonyl (C=O) groups is 2. The molecule has 0 N–H and O–H groups in total. The highest BCUT2D eigenvalue weighted by molar-refractivity contribution is 8.01. The number of benzene rings is 3. The lowest BCUT2D eigenvalue weighted by atomic mass is 10.0. The van der Waals surface area contributed by atoms with Gasteiger partial charge in [0.25, 0.3) is 0 Å². The molecule has 182 valence electrons. The Labute approximate surface area is 212 Å². The lowest BCUT2D eigenvalue weighted by Gasteiger charge is -2.21. The van der Waals surface area contributed by atoms with Gasteiger partial charge in [0.15, 0.2) is 0 Å². The van der Waals surface area contributed by atoms with Crippen LogP contribution in [-0.2, 0) is 4.57 Å². The van der Waals surface area contributed by atoms with Crippen LogP contribution in [0.25, 0.3) is 0 Å². The molecule has 0 saturated carbocycles. The van der Waals surface area contributed by atoms with E-state index in [4.69, 9.17) is 22.3 Å². The minimum Gasteiger partial charge on any atom is -0.481 e. The third-order valence-electron chi connectivity index (χ3n) is 5.78. The van der Waals surface area contributed by atoms with Gasteiger partial charge in [0, 0.05) is 16.4 Å². The van der Waals surface area contributed by atoms with E-state index in [1.807, 2.05) is 0 Å². The quantitative estimate of drug-likeness (QED) is 0.283. The van der Waals surface area contributed by atoms with Crippen molar-refractivity contribution in [3.8, 4) is 36.2 Å². The topological polar surface area (TPSA) is 69.7 Å². The zero-order valence-electron chi connectivity index (χ0n) is 20.8. The summed E-state index contributed by atoms with van der Waals surface area (Å²) < 4.78 is 25.7. The Bertz CT molecular complexity index is 1320. The molecule has 0 aliphatic rings. The van der Waals surface area contributed by atoms with Gasteiger partial charge in [-0.2, -0.15) is 0 Å². The van der Waals surface area contributed by atoms with Crippen LogP contribution < -0.4 is 14.8 Å². The molecular formula is C30H27O5P. The van der Waals surface area contributed by atoms with Crippen molar-refractivity contribution in [1.29, 1.82) is 0 Å². The number of carbonyl (C=O) groups excluding carboxylic acids is 2. The van der Waals surface area contributed by atoms with Crippen molar-refractivity contribution >= 4 is 23.5 Å². The molecule has 0 radical (unpaired) electrons. The Hall–Kier alpha value is -4.05. The number of hydrogen-bond acceptors (Lipinski definition) is 5. The summed E-state index contributed by atoms with van der Waals surface area (Å²) in [7, 11) is -4.30. The van der Waals surface area contributed by atoms with Gasteiger partial charge in [-0.3, -0.25) is 9.59 Å². The van der Waals surface area contributed by atoms with Crippen LogP contribution >= 0.6 is 7.14 Å². The molecule has 0 fully saturated rings. The Morgan fingerprint density at radius 2 is 1.08 bits per heavy atom. The van der Waals surface area contributed by atoms with Crippen LogP contribution in [0.2, 0.25) is 0 Å².